The number of ether oxygens (including phenoxy) is 1. The lowest BCUT2D eigenvalue weighted by atomic mass is 10.3. The van der Waals surface area contributed by atoms with E-state index in [0.29, 0.717) is 0 Å². The summed E-state index contributed by atoms with van der Waals surface area (Å²) in [6.45, 7) is -0.964. The number of rotatable bonds is 3. The lowest BCUT2D eigenvalue weighted by Crippen LogP contribution is -2.27. The summed E-state index contributed by atoms with van der Waals surface area (Å²) in [6, 6.07) is 0. The van der Waals surface area contributed by atoms with Gasteiger partial charge in [0.15, 0.2) is 0 Å². The van der Waals surface area contributed by atoms with Gasteiger partial charge in [-0.1, -0.05) is 0 Å². The van der Waals surface area contributed by atoms with Crippen LogP contribution in [0.1, 0.15) is 0 Å². The van der Waals surface area contributed by atoms with Crippen LogP contribution >= 0.6 is 0 Å². The Morgan fingerprint density at radius 3 is 2.20 bits per heavy atom. The summed E-state index contributed by atoms with van der Waals surface area (Å²) in [4.78, 5) is 30.7. The molecule has 0 aromatic heterocycles. The van der Waals surface area contributed by atoms with Crippen LogP contribution in [-0.2, 0) is 19.1 Å². The number of hydrogen-bond donors (Lipinski definition) is 1. The van der Waals surface area contributed by atoms with Gasteiger partial charge in [0.05, 0.1) is 7.11 Å². The lowest BCUT2D eigenvalue weighted by Gasteiger charge is -1.92. The molecule has 0 aromatic rings. The van der Waals surface area contributed by atoms with E-state index in [0.717, 1.165) is 7.11 Å². The Kier molecular flexibility index (Phi) is 3.27. The van der Waals surface area contributed by atoms with Crippen molar-refractivity contribution in [1.29, 1.82) is 0 Å². The van der Waals surface area contributed by atoms with Crippen molar-refractivity contribution in [3.05, 3.63) is 0 Å². The summed E-state index contributed by atoms with van der Waals surface area (Å²) in [5, 5.41) is 8.07. The average molecular weight is 146 g/mol. The maximum Gasteiger partial charge on any atom is 0.382 e. The van der Waals surface area contributed by atoms with Crippen molar-refractivity contribution >= 4 is 17.5 Å². The van der Waals surface area contributed by atoms with E-state index in [-0.39, 0.29) is 0 Å². The van der Waals surface area contributed by atoms with Gasteiger partial charge in [0.1, 0.15) is 6.61 Å². The number of ketones is 2. The summed E-state index contributed by atoms with van der Waals surface area (Å²) in [5.74, 6) is -3.74. The Labute approximate surface area is 56.6 Å². The van der Waals surface area contributed by atoms with Gasteiger partial charge in [-0.15, -0.1) is 0 Å². The van der Waals surface area contributed by atoms with Crippen molar-refractivity contribution in [3.63, 3.8) is 0 Å². The number of aliphatic hydroxyl groups is 1. The van der Waals surface area contributed by atoms with E-state index in [1.54, 1.807) is 0 Å². The molecular formula is C5H6O5. The molecule has 5 nitrogen and oxygen atoms in total. The summed E-state index contributed by atoms with van der Waals surface area (Å²) in [6.07, 6.45) is 0. The van der Waals surface area contributed by atoms with Crippen LogP contribution < -0.4 is 0 Å². The second-order valence-corrected chi connectivity index (χ2v) is 1.40. The predicted molar refractivity (Wildman–Crippen MR) is 29.1 cm³/mol. The van der Waals surface area contributed by atoms with Gasteiger partial charge in [0.2, 0.25) is 5.78 Å². The fourth-order valence-electron chi connectivity index (χ4n) is 0.278. The van der Waals surface area contributed by atoms with Gasteiger partial charge in [-0.05, 0) is 0 Å². The molecule has 56 valence electrons. The standard InChI is InChI=1S/C5H6O5/c1-10-5(9)4(8)3(7)2-6/h6H,2H2,1H3. The first-order chi connectivity index (χ1) is 4.63. The monoisotopic (exact) mass is 146 g/mol. The molecule has 0 rings (SSSR count). The highest BCUT2D eigenvalue weighted by atomic mass is 16.5. The summed E-state index contributed by atoms with van der Waals surface area (Å²) >= 11 is 0. The highest BCUT2D eigenvalue weighted by Gasteiger charge is 2.21. The quantitative estimate of drug-likeness (QED) is 0.291. The molecule has 0 saturated heterocycles. The van der Waals surface area contributed by atoms with E-state index in [1.807, 2.05) is 0 Å². The third kappa shape index (κ3) is 1.94. The van der Waals surface area contributed by atoms with Crippen LogP contribution in [0.15, 0.2) is 0 Å². The first-order valence-corrected chi connectivity index (χ1v) is 2.39. The third-order valence-electron chi connectivity index (χ3n) is 0.768. The molecule has 0 fully saturated rings. The highest BCUT2D eigenvalue weighted by molar-refractivity contribution is 6.62. The Balaban J connectivity index is 4.09. The molecular weight excluding hydrogens is 140 g/mol. The highest BCUT2D eigenvalue weighted by Crippen LogP contribution is 1.79. The molecule has 0 saturated carbocycles. The first kappa shape index (κ1) is 8.77. The smallest absolute Gasteiger partial charge is 0.382 e. The maximum absolute atomic E-state index is 10.3. The van der Waals surface area contributed by atoms with Gasteiger partial charge in [-0.25, -0.2) is 4.79 Å². The van der Waals surface area contributed by atoms with Crippen molar-refractivity contribution in [2.45, 2.75) is 0 Å². The molecule has 0 unspecified atom stereocenters. The number of carbonyl (C=O) groups excluding carboxylic acids is 3. The number of hydrogen-bond acceptors (Lipinski definition) is 5. The Hall–Kier alpha value is -1.23. The van der Waals surface area contributed by atoms with Crippen LogP contribution in [0.25, 0.3) is 0 Å². The molecule has 0 aliphatic heterocycles. The van der Waals surface area contributed by atoms with Crippen molar-refractivity contribution in [3.8, 4) is 0 Å². The lowest BCUT2D eigenvalue weighted by molar-refractivity contribution is -0.155. The second-order valence-electron chi connectivity index (χ2n) is 1.40. The van der Waals surface area contributed by atoms with Crippen LogP contribution in [0.2, 0.25) is 0 Å². The predicted octanol–water partition coefficient (Wildman–Crippen LogP) is -1.71. The van der Waals surface area contributed by atoms with E-state index in [2.05, 4.69) is 4.74 Å². The normalized spacial score (nSPS) is 8.60. The number of carbonyl (C=O) groups is 3. The van der Waals surface area contributed by atoms with Gasteiger partial charge in [-0.2, -0.15) is 0 Å². The zero-order valence-electron chi connectivity index (χ0n) is 5.29. The fourth-order valence-corrected chi connectivity index (χ4v) is 0.278. The van der Waals surface area contributed by atoms with Gasteiger partial charge < -0.3 is 9.84 Å². The van der Waals surface area contributed by atoms with E-state index in [4.69, 9.17) is 5.11 Å². The number of esters is 1. The Bertz CT molecular complexity index is 153. The van der Waals surface area contributed by atoms with E-state index in [1.165, 1.54) is 0 Å². The van der Waals surface area contributed by atoms with E-state index < -0.39 is 24.1 Å². The molecule has 0 amide bonds. The molecule has 0 aliphatic rings. The van der Waals surface area contributed by atoms with E-state index >= 15 is 0 Å². The van der Waals surface area contributed by atoms with Gasteiger partial charge in [0.25, 0.3) is 0 Å². The van der Waals surface area contributed by atoms with Crippen molar-refractivity contribution < 1.29 is 24.2 Å². The average Bonchev–Trinajstić information content (AvgIpc) is 2.00. The SMILES string of the molecule is COC(=O)C(=O)C(=O)CO. The minimum absolute atomic E-state index is 0.964. The second kappa shape index (κ2) is 3.73. The minimum Gasteiger partial charge on any atom is -0.463 e. The molecule has 10 heavy (non-hydrogen) atoms. The number of Topliss-reactive ketones (excluding diaryl/α,β-unsaturated/α-hetero) is 2. The molecule has 0 aliphatic carbocycles. The van der Waals surface area contributed by atoms with Crippen LogP contribution in [0, 0.1) is 0 Å². The zero-order chi connectivity index (χ0) is 8.15. The molecule has 0 atom stereocenters. The van der Waals surface area contributed by atoms with Gasteiger partial charge in [-0.3, -0.25) is 9.59 Å². The largest absolute Gasteiger partial charge is 0.463 e. The maximum atomic E-state index is 10.3. The minimum atomic E-state index is -1.33. The van der Waals surface area contributed by atoms with Crippen molar-refractivity contribution in [2.75, 3.05) is 13.7 Å². The topological polar surface area (TPSA) is 80.7 Å². The van der Waals surface area contributed by atoms with Crippen LogP contribution in [0.5, 0.6) is 0 Å². The Morgan fingerprint density at radius 2 is 1.90 bits per heavy atom. The Morgan fingerprint density at radius 1 is 1.40 bits per heavy atom. The molecule has 0 bridgehead atoms. The summed E-state index contributed by atoms with van der Waals surface area (Å²) in [7, 11) is 0.977. The molecule has 5 heteroatoms. The van der Waals surface area contributed by atoms with E-state index in [9.17, 15) is 14.4 Å². The summed E-state index contributed by atoms with van der Waals surface area (Å²) in [5.41, 5.74) is 0. The van der Waals surface area contributed by atoms with Crippen LogP contribution in [0.4, 0.5) is 0 Å². The summed E-state index contributed by atoms with van der Waals surface area (Å²) < 4.78 is 3.91. The van der Waals surface area contributed by atoms with Gasteiger partial charge in [0, 0.05) is 0 Å². The molecule has 1 N–H and O–H groups in total. The molecule has 0 spiro atoms. The number of methoxy groups -OCH3 is 1. The van der Waals surface area contributed by atoms with Crippen molar-refractivity contribution in [2.24, 2.45) is 0 Å². The van der Waals surface area contributed by atoms with Crippen molar-refractivity contribution in [1.82, 2.24) is 0 Å². The molecule has 0 radical (unpaired) electrons. The van der Waals surface area contributed by atoms with Gasteiger partial charge >= 0.3 is 11.8 Å². The van der Waals surface area contributed by atoms with Crippen LogP contribution in [0.3, 0.4) is 0 Å². The third-order valence-corrected chi connectivity index (χ3v) is 0.768. The van der Waals surface area contributed by atoms with Crippen LogP contribution in [-0.4, -0.2) is 36.4 Å². The molecule has 0 heterocycles. The fraction of sp³-hybridized carbons (Fsp3) is 0.400. The number of aliphatic hydroxyl groups excluding tert-OH is 1. The zero-order valence-corrected chi connectivity index (χ0v) is 5.29. The molecule has 0 aromatic carbocycles. The first-order valence-electron chi connectivity index (χ1n) is 2.39.